The van der Waals surface area contributed by atoms with E-state index < -0.39 is 46.1 Å². The van der Waals surface area contributed by atoms with E-state index in [0.717, 1.165) is 0 Å². The number of hydrogen-bond donors (Lipinski definition) is 6. The largest absolute Gasteiger partial charge is 0.507 e. The van der Waals surface area contributed by atoms with Crippen LogP contribution in [0.4, 0.5) is 0 Å². The van der Waals surface area contributed by atoms with Crippen LogP contribution in [-0.2, 0) is 12.8 Å². The van der Waals surface area contributed by atoms with Crippen molar-refractivity contribution in [2.45, 2.75) is 54.4 Å². The number of aryl methyl sites for hydroxylation is 4. The van der Waals surface area contributed by atoms with Crippen molar-refractivity contribution >= 4 is 33.1 Å². The Hall–Kier alpha value is -4.46. The number of phenolic OH excluding ortho intramolecular Hbond substituents is 6. The van der Waals surface area contributed by atoms with Gasteiger partial charge in [-0.2, -0.15) is 0 Å². The molecule has 0 unspecified atom stereocenters. The highest BCUT2D eigenvalue weighted by Crippen LogP contribution is 2.53. The normalized spacial score (nSPS) is 11.4. The summed E-state index contributed by atoms with van der Waals surface area (Å²) in [4.78, 5) is 25.1. The van der Waals surface area contributed by atoms with Crippen molar-refractivity contribution in [2.24, 2.45) is 0 Å². The van der Waals surface area contributed by atoms with Crippen LogP contribution < -0.4 is 0 Å². The third kappa shape index (κ3) is 3.51. The summed E-state index contributed by atoms with van der Waals surface area (Å²) in [5.41, 5.74) is 1.47. The first-order valence-electron chi connectivity index (χ1n) is 12.3. The SMILES string of the molecule is CCc1c(O)c(O)c(C(C)=O)c2c(O)c(-c3c(C)cc4c(CC)c(O)c(O)c(C(C)=O)c4c3O)c(C)cc12. The van der Waals surface area contributed by atoms with Crippen LogP contribution in [0, 0.1) is 13.8 Å². The smallest absolute Gasteiger partial charge is 0.169 e. The lowest BCUT2D eigenvalue weighted by Gasteiger charge is -2.22. The molecule has 198 valence electrons. The number of rotatable bonds is 5. The molecular formula is C30H30O8. The minimum Gasteiger partial charge on any atom is -0.507 e. The van der Waals surface area contributed by atoms with Gasteiger partial charge in [-0.1, -0.05) is 26.0 Å². The molecule has 4 rings (SSSR count). The van der Waals surface area contributed by atoms with Gasteiger partial charge in [0.25, 0.3) is 0 Å². The van der Waals surface area contributed by atoms with Crippen molar-refractivity contribution < 1.29 is 40.2 Å². The molecule has 8 nitrogen and oxygen atoms in total. The summed E-state index contributed by atoms with van der Waals surface area (Å²) in [6.07, 6.45) is 0.605. The molecule has 0 aliphatic carbocycles. The van der Waals surface area contributed by atoms with Crippen molar-refractivity contribution in [1.29, 1.82) is 0 Å². The molecule has 4 aromatic rings. The van der Waals surface area contributed by atoms with E-state index in [9.17, 15) is 40.2 Å². The van der Waals surface area contributed by atoms with E-state index in [1.807, 2.05) is 0 Å². The zero-order valence-corrected chi connectivity index (χ0v) is 22.1. The van der Waals surface area contributed by atoms with E-state index in [1.165, 1.54) is 13.8 Å². The van der Waals surface area contributed by atoms with Gasteiger partial charge in [-0.15, -0.1) is 0 Å². The Labute approximate surface area is 219 Å². The van der Waals surface area contributed by atoms with Crippen LogP contribution in [-0.4, -0.2) is 42.2 Å². The molecule has 0 fully saturated rings. The number of carbonyl (C=O) groups excluding carboxylic acids is 2. The standard InChI is InChI=1S/C30H30O8/c1-7-15-17-9-11(3)19(27(35)23(17)21(13(5)31)29(37)25(15)33)20-12(4)10-18-16(8-2)26(34)30(38)22(14(6)32)24(18)28(20)36/h9-10,33-38H,7-8H2,1-6H3. The van der Waals surface area contributed by atoms with Crippen LogP contribution in [0.3, 0.4) is 0 Å². The quantitative estimate of drug-likeness (QED) is 0.138. The van der Waals surface area contributed by atoms with Crippen molar-refractivity contribution in [3.63, 3.8) is 0 Å². The molecule has 4 aromatic carbocycles. The van der Waals surface area contributed by atoms with Gasteiger partial charge < -0.3 is 30.6 Å². The molecule has 0 saturated heterocycles. The highest BCUT2D eigenvalue weighted by atomic mass is 16.3. The third-order valence-corrected chi connectivity index (χ3v) is 7.30. The van der Waals surface area contributed by atoms with Gasteiger partial charge >= 0.3 is 0 Å². The minimum atomic E-state index is -0.641. The first kappa shape index (κ1) is 26.6. The molecule has 8 heteroatoms. The summed E-state index contributed by atoms with van der Waals surface area (Å²) in [6, 6.07) is 3.32. The maximum Gasteiger partial charge on any atom is 0.169 e. The summed E-state index contributed by atoms with van der Waals surface area (Å²) in [5.74, 6) is -4.10. The molecule has 0 saturated carbocycles. The highest BCUT2D eigenvalue weighted by molar-refractivity contribution is 6.18. The summed E-state index contributed by atoms with van der Waals surface area (Å²) < 4.78 is 0. The molecule has 6 N–H and O–H groups in total. The third-order valence-electron chi connectivity index (χ3n) is 7.30. The Bertz CT molecular complexity index is 1590. The summed E-state index contributed by atoms with van der Waals surface area (Å²) in [7, 11) is 0. The number of benzene rings is 4. The molecule has 0 aliphatic rings. The summed E-state index contributed by atoms with van der Waals surface area (Å²) in [6.45, 7) is 9.31. The highest BCUT2D eigenvalue weighted by Gasteiger charge is 2.30. The molecule has 0 spiro atoms. The Balaban J connectivity index is 2.29. The maximum absolute atomic E-state index is 12.6. The summed E-state index contributed by atoms with van der Waals surface area (Å²) in [5, 5.41) is 66.6. The van der Waals surface area contributed by atoms with Gasteiger partial charge in [-0.25, -0.2) is 0 Å². The Morgan fingerprint density at radius 3 is 1.16 bits per heavy atom. The van der Waals surface area contributed by atoms with Gasteiger partial charge in [0.2, 0.25) is 0 Å². The van der Waals surface area contributed by atoms with Crippen LogP contribution in [0.25, 0.3) is 32.7 Å². The molecule has 0 atom stereocenters. The number of carbonyl (C=O) groups is 2. The van der Waals surface area contributed by atoms with E-state index in [0.29, 0.717) is 45.9 Å². The molecule has 0 aliphatic heterocycles. The number of aromatic hydroxyl groups is 6. The summed E-state index contributed by atoms with van der Waals surface area (Å²) >= 11 is 0. The van der Waals surface area contributed by atoms with Gasteiger partial charge in [0, 0.05) is 33.0 Å². The van der Waals surface area contributed by atoms with Crippen LogP contribution in [0.2, 0.25) is 0 Å². The topological polar surface area (TPSA) is 156 Å². The monoisotopic (exact) mass is 518 g/mol. The Kier molecular flexibility index (Phi) is 6.39. The number of ketones is 2. The Morgan fingerprint density at radius 1 is 0.579 bits per heavy atom. The molecule has 38 heavy (non-hydrogen) atoms. The van der Waals surface area contributed by atoms with Gasteiger partial charge in [0.05, 0.1) is 11.1 Å². The first-order chi connectivity index (χ1) is 17.8. The lowest BCUT2D eigenvalue weighted by atomic mass is 9.84. The second-order valence-corrected chi connectivity index (χ2v) is 9.60. The van der Waals surface area contributed by atoms with Crippen molar-refractivity contribution in [3.05, 3.63) is 45.5 Å². The zero-order valence-electron chi connectivity index (χ0n) is 22.1. The van der Waals surface area contributed by atoms with Gasteiger partial charge in [-0.3, -0.25) is 9.59 Å². The van der Waals surface area contributed by atoms with E-state index >= 15 is 0 Å². The molecule has 0 heterocycles. The maximum atomic E-state index is 12.6. The fourth-order valence-electron chi connectivity index (χ4n) is 5.63. The van der Waals surface area contributed by atoms with Crippen LogP contribution in [0.1, 0.15) is 70.7 Å². The fourth-order valence-corrected chi connectivity index (χ4v) is 5.63. The zero-order chi connectivity index (χ0) is 28.4. The second-order valence-electron chi connectivity index (χ2n) is 9.60. The van der Waals surface area contributed by atoms with Crippen LogP contribution in [0.5, 0.6) is 34.5 Å². The number of fused-ring (bicyclic) bond motifs is 2. The number of hydrogen-bond acceptors (Lipinski definition) is 8. The van der Waals surface area contributed by atoms with Crippen LogP contribution >= 0.6 is 0 Å². The predicted octanol–water partition coefficient (Wildman–Crippen LogP) is 6.04. The van der Waals surface area contributed by atoms with Crippen molar-refractivity contribution in [1.82, 2.24) is 0 Å². The fraction of sp³-hybridized carbons (Fsp3) is 0.267. The number of phenols is 6. The molecule has 0 bridgehead atoms. The Morgan fingerprint density at radius 2 is 0.895 bits per heavy atom. The average molecular weight is 519 g/mol. The van der Waals surface area contributed by atoms with Crippen LogP contribution in [0.15, 0.2) is 12.1 Å². The molecule has 0 amide bonds. The van der Waals surface area contributed by atoms with E-state index in [1.54, 1.807) is 39.8 Å². The minimum absolute atomic E-state index is 0.0266. The molecule has 0 aromatic heterocycles. The average Bonchev–Trinajstić information content (AvgIpc) is 2.83. The molecular weight excluding hydrogens is 488 g/mol. The molecule has 0 radical (unpaired) electrons. The van der Waals surface area contributed by atoms with Crippen molar-refractivity contribution in [3.8, 4) is 45.6 Å². The number of Topliss-reactive ketones (excluding diaryl/α,β-unsaturated/α-hetero) is 2. The van der Waals surface area contributed by atoms with Gasteiger partial charge in [-0.05, 0) is 62.4 Å². The van der Waals surface area contributed by atoms with Gasteiger partial charge in [0.15, 0.2) is 34.6 Å². The predicted molar refractivity (Wildman–Crippen MR) is 145 cm³/mol. The lowest BCUT2D eigenvalue weighted by Crippen LogP contribution is -2.02. The van der Waals surface area contributed by atoms with Gasteiger partial charge in [0.1, 0.15) is 11.5 Å². The second kappa shape index (κ2) is 9.13. The van der Waals surface area contributed by atoms with Crippen molar-refractivity contribution in [2.75, 3.05) is 0 Å². The van der Waals surface area contributed by atoms with E-state index in [2.05, 4.69) is 0 Å². The van der Waals surface area contributed by atoms with E-state index in [-0.39, 0.29) is 33.0 Å². The van der Waals surface area contributed by atoms with E-state index in [4.69, 9.17) is 0 Å². The lowest BCUT2D eigenvalue weighted by molar-refractivity contribution is 0.100. The first-order valence-corrected chi connectivity index (χ1v) is 12.3.